The number of nitrogens with zero attached hydrogens (tertiary/aromatic N) is 3. The van der Waals surface area contributed by atoms with Crippen LogP contribution in [0, 0.1) is 11.7 Å². The van der Waals surface area contributed by atoms with E-state index < -0.39 is 0 Å². The molecular weight excluding hydrogens is 437 g/mol. The molecule has 1 amide bonds. The number of hydrogen-bond acceptors (Lipinski definition) is 3. The maximum absolute atomic E-state index is 14.4. The van der Waals surface area contributed by atoms with E-state index in [2.05, 4.69) is 45.0 Å². The van der Waals surface area contributed by atoms with Crippen molar-refractivity contribution in [1.82, 2.24) is 14.7 Å². The van der Waals surface area contributed by atoms with Crippen molar-refractivity contribution in [2.24, 2.45) is 5.92 Å². The SMILES string of the molecule is O=C(C1CCN(Cc2ccccc2-c2ccccc2F)CC1)N1CCN(Cc2ccccc2)CC1. The Hall–Kier alpha value is -3.02. The molecule has 0 saturated carbocycles. The molecule has 2 heterocycles. The molecule has 0 radical (unpaired) electrons. The lowest BCUT2D eigenvalue weighted by Gasteiger charge is -2.38. The minimum atomic E-state index is -0.187. The number of likely N-dealkylation sites (tertiary alicyclic amines) is 1. The van der Waals surface area contributed by atoms with Gasteiger partial charge in [0.25, 0.3) is 0 Å². The molecule has 3 aromatic carbocycles. The molecule has 5 rings (SSSR count). The number of hydrogen-bond donors (Lipinski definition) is 0. The van der Waals surface area contributed by atoms with Gasteiger partial charge >= 0.3 is 0 Å². The van der Waals surface area contributed by atoms with E-state index in [9.17, 15) is 9.18 Å². The van der Waals surface area contributed by atoms with Crippen LogP contribution in [0.4, 0.5) is 4.39 Å². The summed E-state index contributed by atoms with van der Waals surface area (Å²) in [5, 5.41) is 0. The molecule has 2 saturated heterocycles. The molecule has 35 heavy (non-hydrogen) atoms. The van der Waals surface area contributed by atoms with Gasteiger partial charge in [-0.3, -0.25) is 14.6 Å². The van der Waals surface area contributed by atoms with E-state index in [0.29, 0.717) is 11.5 Å². The highest BCUT2D eigenvalue weighted by molar-refractivity contribution is 5.79. The lowest BCUT2D eigenvalue weighted by Crippen LogP contribution is -2.51. The summed E-state index contributed by atoms with van der Waals surface area (Å²) in [6, 6.07) is 25.6. The minimum Gasteiger partial charge on any atom is -0.340 e. The number of piperazine rings is 1. The summed E-state index contributed by atoms with van der Waals surface area (Å²) >= 11 is 0. The van der Waals surface area contributed by atoms with Gasteiger partial charge in [0.15, 0.2) is 0 Å². The van der Waals surface area contributed by atoms with Crippen LogP contribution in [0.5, 0.6) is 0 Å². The van der Waals surface area contributed by atoms with Gasteiger partial charge < -0.3 is 4.90 Å². The Labute approximate surface area is 208 Å². The van der Waals surface area contributed by atoms with Crippen LogP contribution >= 0.6 is 0 Å². The summed E-state index contributed by atoms with van der Waals surface area (Å²) in [5.74, 6) is 0.262. The molecule has 182 valence electrons. The van der Waals surface area contributed by atoms with E-state index in [1.54, 1.807) is 6.07 Å². The second kappa shape index (κ2) is 11.1. The average Bonchev–Trinajstić information content (AvgIpc) is 2.91. The lowest BCUT2D eigenvalue weighted by atomic mass is 9.93. The zero-order valence-electron chi connectivity index (χ0n) is 20.3. The molecule has 2 aliphatic rings. The fraction of sp³-hybridized carbons (Fsp3) is 0.367. The Balaban J connectivity index is 1.12. The van der Waals surface area contributed by atoms with Crippen LogP contribution in [0.25, 0.3) is 11.1 Å². The van der Waals surface area contributed by atoms with Crippen molar-refractivity contribution in [3.63, 3.8) is 0 Å². The highest BCUT2D eigenvalue weighted by atomic mass is 19.1. The predicted molar refractivity (Wildman–Crippen MR) is 138 cm³/mol. The molecule has 2 fully saturated rings. The van der Waals surface area contributed by atoms with Crippen LogP contribution in [0.2, 0.25) is 0 Å². The minimum absolute atomic E-state index is 0.119. The van der Waals surface area contributed by atoms with Gasteiger partial charge in [-0.05, 0) is 48.7 Å². The van der Waals surface area contributed by atoms with Gasteiger partial charge in [-0.25, -0.2) is 4.39 Å². The average molecular weight is 472 g/mol. The number of piperidine rings is 1. The van der Waals surface area contributed by atoms with Gasteiger partial charge in [0.2, 0.25) is 5.91 Å². The third-order valence-corrected chi connectivity index (χ3v) is 7.45. The van der Waals surface area contributed by atoms with E-state index in [1.165, 1.54) is 11.6 Å². The number of rotatable bonds is 6. The van der Waals surface area contributed by atoms with Gasteiger partial charge in [-0.15, -0.1) is 0 Å². The molecule has 0 N–H and O–H groups in total. The van der Waals surface area contributed by atoms with E-state index in [1.807, 2.05) is 36.4 Å². The van der Waals surface area contributed by atoms with Crippen LogP contribution in [0.3, 0.4) is 0 Å². The van der Waals surface area contributed by atoms with Crippen molar-refractivity contribution in [2.45, 2.75) is 25.9 Å². The zero-order chi connectivity index (χ0) is 24.0. The summed E-state index contributed by atoms with van der Waals surface area (Å²) in [4.78, 5) is 20.1. The fourth-order valence-corrected chi connectivity index (χ4v) is 5.41. The summed E-state index contributed by atoms with van der Waals surface area (Å²) in [6.07, 6.45) is 1.79. The van der Waals surface area contributed by atoms with Gasteiger partial charge in [0, 0.05) is 50.7 Å². The van der Waals surface area contributed by atoms with E-state index in [-0.39, 0.29) is 11.7 Å². The zero-order valence-corrected chi connectivity index (χ0v) is 20.3. The third-order valence-electron chi connectivity index (χ3n) is 7.45. The molecule has 0 aliphatic carbocycles. The molecule has 3 aromatic rings. The number of halogens is 1. The highest BCUT2D eigenvalue weighted by Crippen LogP contribution is 2.29. The summed E-state index contributed by atoms with van der Waals surface area (Å²) in [6.45, 7) is 7.05. The van der Waals surface area contributed by atoms with Crippen molar-refractivity contribution >= 4 is 5.91 Å². The van der Waals surface area contributed by atoms with Gasteiger partial charge in [-0.1, -0.05) is 72.8 Å². The monoisotopic (exact) mass is 471 g/mol. The largest absolute Gasteiger partial charge is 0.340 e. The maximum Gasteiger partial charge on any atom is 0.225 e. The van der Waals surface area contributed by atoms with E-state index in [0.717, 1.165) is 76.3 Å². The molecule has 0 atom stereocenters. The van der Waals surface area contributed by atoms with Crippen LogP contribution < -0.4 is 0 Å². The molecule has 5 heteroatoms. The highest BCUT2D eigenvalue weighted by Gasteiger charge is 2.30. The summed E-state index contributed by atoms with van der Waals surface area (Å²) in [7, 11) is 0. The van der Waals surface area contributed by atoms with Gasteiger partial charge in [-0.2, -0.15) is 0 Å². The quantitative estimate of drug-likeness (QED) is 0.503. The molecule has 0 aromatic heterocycles. The van der Waals surface area contributed by atoms with Crippen molar-refractivity contribution in [1.29, 1.82) is 0 Å². The summed E-state index contributed by atoms with van der Waals surface area (Å²) in [5.41, 5.74) is 4.07. The first-order chi connectivity index (χ1) is 17.2. The second-order valence-corrected chi connectivity index (χ2v) is 9.77. The molecular formula is C30H34FN3O. The van der Waals surface area contributed by atoms with Crippen molar-refractivity contribution in [3.8, 4) is 11.1 Å². The van der Waals surface area contributed by atoms with Gasteiger partial charge in [0.05, 0.1) is 0 Å². The van der Waals surface area contributed by atoms with Crippen molar-refractivity contribution in [3.05, 3.63) is 95.8 Å². The van der Waals surface area contributed by atoms with Crippen LogP contribution in [-0.4, -0.2) is 59.9 Å². The third kappa shape index (κ3) is 5.80. The number of amides is 1. The van der Waals surface area contributed by atoms with Crippen LogP contribution in [0.1, 0.15) is 24.0 Å². The molecule has 0 unspecified atom stereocenters. The van der Waals surface area contributed by atoms with Gasteiger partial charge in [0.1, 0.15) is 5.82 Å². The maximum atomic E-state index is 14.4. The predicted octanol–water partition coefficient (Wildman–Crippen LogP) is 5.05. The Morgan fingerprint density at radius 1 is 0.686 bits per heavy atom. The first kappa shape index (κ1) is 23.7. The first-order valence-electron chi connectivity index (χ1n) is 12.8. The smallest absolute Gasteiger partial charge is 0.225 e. The van der Waals surface area contributed by atoms with E-state index >= 15 is 0 Å². The number of carbonyl (C=O) groups excluding carboxylic acids is 1. The second-order valence-electron chi connectivity index (χ2n) is 9.77. The molecule has 2 aliphatic heterocycles. The molecule has 0 spiro atoms. The van der Waals surface area contributed by atoms with Crippen LogP contribution in [-0.2, 0) is 17.9 Å². The topological polar surface area (TPSA) is 26.8 Å². The lowest BCUT2D eigenvalue weighted by molar-refractivity contribution is -0.139. The van der Waals surface area contributed by atoms with Crippen LogP contribution in [0.15, 0.2) is 78.9 Å². The number of benzene rings is 3. The molecule has 0 bridgehead atoms. The molecule has 4 nitrogen and oxygen atoms in total. The Bertz CT molecular complexity index is 1120. The number of carbonyl (C=O) groups is 1. The Morgan fingerprint density at radius 3 is 2.00 bits per heavy atom. The van der Waals surface area contributed by atoms with E-state index in [4.69, 9.17) is 0 Å². The van der Waals surface area contributed by atoms with Crippen molar-refractivity contribution < 1.29 is 9.18 Å². The normalized spacial score (nSPS) is 18.0. The fourth-order valence-electron chi connectivity index (χ4n) is 5.41. The Kier molecular flexibility index (Phi) is 7.55. The standard InChI is InChI=1S/C30H34FN3O/c31-29-13-7-6-12-28(29)27-11-5-4-10-26(27)23-32-16-14-25(15-17-32)30(35)34-20-18-33(19-21-34)22-24-8-2-1-3-9-24/h1-13,25H,14-23H2. The van der Waals surface area contributed by atoms with Crippen molar-refractivity contribution in [2.75, 3.05) is 39.3 Å². The first-order valence-corrected chi connectivity index (χ1v) is 12.8. The summed E-state index contributed by atoms with van der Waals surface area (Å²) < 4.78 is 14.4. The Morgan fingerprint density at radius 2 is 1.29 bits per heavy atom.